The number of guanidine groups is 1. The van der Waals surface area contributed by atoms with Gasteiger partial charge in [0.05, 0.1) is 6.10 Å². The minimum absolute atomic E-state index is 0.361. The third-order valence-corrected chi connectivity index (χ3v) is 4.21. The number of rotatable bonds is 5. The van der Waals surface area contributed by atoms with Crippen molar-refractivity contribution in [2.24, 2.45) is 4.99 Å². The van der Waals surface area contributed by atoms with E-state index in [9.17, 15) is 0 Å². The first-order valence-corrected chi connectivity index (χ1v) is 8.13. The number of ether oxygens (including phenoxy) is 1. The van der Waals surface area contributed by atoms with Crippen LogP contribution >= 0.6 is 0 Å². The molecule has 0 aliphatic carbocycles. The van der Waals surface area contributed by atoms with E-state index in [1.165, 1.54) is 51.7 Å². The molecule has 1 unspecified atom stereocenters. The average Bonchev–Trinajstić information content (AvgIpc) is 2.99. The fourth-order valence-electron chi connectivity index (χ4n) is 3.02. The second-order valence-electron chi connectivity index (χ2n) is 5.85. The summed E-state index contributed by atoms with van der Waals surface area (Å²) in [5.41, 5.74) is 0. The van der Waals surface area contributed by atoms with Gasteiger partial charge in [-0.25, -0.2) is 0 Å². The molecule has 116 valence electrons. The van der Waals surface area contributed by atoms with Crippen LogP contribution in [0.3, 0.4) is 0 Å². The Labute approximate surface area is 123 Å². The summed E-state index contributed by atoms with van der Waals surface area (Å²) in [6, 6.07) is 0.554. The van der Waals surface area contributed by atoms with Crippen LogP contribution in [0, 0.1) is 0 Å². The normalized spacial score (nSPS) is 25.9. The molecule has 0 aromatic rings. The second kappa shape index (κ2) is 8.47. The molecule has 0 amide bonds. The highest BCUT2D eigenvalue weighted by Crippen LogP contribution is 2.11. The van der Waals surface area contributed by atoms with Crippen LogP contribution in [0.5, 0.6) is 0 Å². The molecule has 2 N–H and O–H groups in total. The molecule has 2 aliphatic heterocycles. The van der Waals surface area contributed by atoms with Gasteiger partial charge in [-0.2, -0.15) is 0 Å². The highest BCUT2D eigenvalue weighted by molar-refractivity contribution is 5.80. The van der Waals surface area contributed by atoms with Gasteiger partial charge in [-0.15, -0.1) is 0 Å². The zero-order valence-electron chi connectivity index (χ0n) is 13.0. The van der Waals surface area contributed by atoms with Crippen LogP contribution in [0.2, 0.25) is 0 Å². The number of nitrogens with one attached hydrogen (secondary N) is 2. The molecule has 0 radical (unpaired) electrons. The van der Waals surface area contributed by atoms with Crippen molar-refractivity contribution in [1.29, 1.82) is 0 Å². The van der Waals surface area contributed by atoms with Crippen molar-refractivity contribution >= 4 is 5.96 Å². The van der Waals surface area contributed by atoms with E-state index in [4.69, 9.17) is 4.74 Å². The van der Waals surface area contributed by atoms with Gasteiger partial charge in [0.25, 0.3) is 0 Å². The lowest BCUT2D eigenvalue weighted by Crippen LogP contribution is -2.49. The molecule has 0 saturated carbocycles. The Morgan fingerprint density at radius 3 is 2.70 bits per heavy atom. The fourth-order valence-corrected chi connectivity index (χ4v) is 3.02. The number of likely N-dealkylation sites (tertiary alicyclic amines) is 1. The fraction of sp³-hybridized carbons (Fsp3) is 0.933. The molecule has 0 aromatic carbocycles. The molecular formula is C15H30N4O. The summed E-state index contributed by atoms with van der Waals surface area (Å²) in [6.07, 6.45) is 6.39. The molecule has 5 heteroatoms. The van der Waals surface area contributed by atoms with E-state index in [2.05, 4.69) is 27.4 Å². The minimum Gasteiger partial charge on any atom is -0.376 e. The molecule has 2 saturated heterocycles. The molecule has 0 aromatic heterocycles. The number of nitrogens with zero attached hydrogens (tertiary/aromatic N) is 2. The van der Waals surface area contributed by atoms with Crippen LogP contribution in [-0.2, 0) is 4.74 Å². The van der Waals surface area contributed by atoms with Crippen molar-refractivity contribution in [2.45, 2.75) is 51.2 Å². The monoisotopic (exact) mass is 282 g/mol. The van der Waals surface area contributed by atoms with Gasteiger partial charge in [0.1, 0.15) is 0 Å². The second-order valence-corrected chi connectivity index (χ2v) is 5.85. The molecule has 0 spiro atoms. The van der Waals surface area contributed by atoms with Gasteiger partial charge in [-0.3, -0.25) is 4.99 Å². The Morgan fingerprint density at radius 2 is 2.10 bits per heavy atom. The smallest absolute Gasteiger partial charge is 0.191 e. The first-order valence-electron chi connectivity index (χ1n) is 8.13. The van der Waals surface area contributed by atoms with Gasteiger partial charge in [0.15, 0.2) is 5.96 Å². The molecule has 1 atom stereocenters. The van der Waals surface area contributed by atoms with Gasteiger partial charge >= 0.3 is 0 Å². The van der Waals surface area contributed by atoms with E-state index >= 15 is 0 Å². The van der Waals surface area contributed by atoms with Gasteiger partial charge in [-0.05, 0) is 38.6 Å². The number of hydrogen-bond acceptors (Lipinski definition) is 3. The van der Waals surface area contributed by atoms with Crippen molar-refractivity contribution < 1.29 is 4.74 Å². The standard InChI is InChI=1S/C15H30N4O/c1-3-8-19-9-6-13(7-10-19)18-15(16-2)17-12-14-5-4-11-20-14/h13-14H,3-12H2,1-2H3,(H2,16,17,18). The maximum Gasteiger partial charge on any atom is 0.191 e. The number of piperidine rings is 1. The summed E-state index contributed by atoms with van der Waals surface area (Å²) in [5, 5.41) is 6.94. The van der Waals surface area contributed by atoms with Crippen LogP contribution in [0.25, 0.3) is 0 Å². The van der Waals surface area contributed by atoms with E-state index < -0.39 is 0 Å². The Kier molecular flexibility index (Phi) is 6.60. The minimum atomic E-state index is 0.361. The van der Waals surface area contributed by atoms with Crippen molar-refractivity contribution in [3.05, 3.63) is 0 Å². The molecule has 0 bridgehead atoms. The zero-order valence-corrected chi connectivity index (χ0v) is 13.0. The summed E-state index contributed by atoms with van der Waals surface area (Å²) < 4.78 is 5.63. The predicted octanol–water partition coefficient (Wildman–Crippen LogP) is 1.20. The van der Waals surface area contributed by atoms with Crippen LogP contribution in [0.1, 0.15) is 39.0 Å². The molecular weight excluding hydrogens is 252 g/mol. The van der Waals surface area contributed by atoms with Gasteiger partial charge < -0.3 is 20.3 Å². The number of hydrogen-bond donors (Lipinski definition) is 2. The van der Waals surface area contributed by atoms with Crippen molar-refractivity contribution in [3.63, 3.8) is 0 Å². The van der Waals surface area contributed by atoms with Crippen LogP contribution in [-0.4, -0.2) is 62.8 Å². The maximum absolute atomic E-state index is 5.63. The van der Waals surface area contributed by atoms with Gasteiger partial charge in [0, 0.05) is 39.3 Å². The summed E-state index contributed by atoms with van der Waals surface area (Å²) in [4.78, 5) is 6.88. The topological polar surface area (TPSA) is 48.9 Å². The average molecular weight is 282 g/mol. The highest BCUT2D eigenvalue weighted by atomic mass is 16.5. The largest absolute Gasteiger partial charge is 0.376 e. The van der Waals surface area contributed by atoms with E-state index in [-0.39, 0.29) is 0 Å². The third kappa shape index (κ3) is 4.94. The Balaban J connectivity index is 1.65. The predicted molar refractivity (Wildman–Crippen MR) is 83.2 cm³/mol. The summed E-state index contributed by atoms with van der Waals surface area (Å²) in [7, 11) is 1.84. The van der Waals surface area contributed by atoms with Crippen LogP contribution < -0.4 is 10.6 Å². The first-order chi connectivity index (χ1) is 9.81. The summed E-state index contributed by atoms with van der Waals surface area (Å²) >= 11 is 0. The summed E-state index contributed by atoms with van der Waals surface area (Å²) in [5.74, 6) is 0.925. The molecule has 5 nitrogen and oxygen atoms in total. The summed E-state index contributed by atoms with van der Waals surface area (Å²) in [6.45, 7) is 7.67. The molecule has 2 aliphatic rings. The lowest BCUT2D eigenvalue weighted by molar-refractivity contribution is 0.113. The zero-order chi connectivity index (χ0) is 14.2. The Hall–Kier alpha value is -0.810. The maximum atomic E-state index is 5.63. The SMILES string of the molecule is CCCN1CCC(NC(=NC)NCC2CCCO2)CC1. The molecule has 2 heterocycles. The highest BCUT2D eigenvalue weighted by Gasteiger charge is 2.20. The molecule has 20 heavy (non-hydrogen) atoms. The Bertz CT molecular complexity index is 294. The van der Waals surface area contributed by atoms with Crippen molar-refractivity contribution in [1.82, 2.24) is 15.5 Å². The van der Waals surface area contributed by atoms with Gasteiger partial charge in [-0.1, -0.05) is 6.92 Å². The van der Waals surface area contributed by atoms with Crippen LogP contribution in [0.4, 0.5) is 0 Å². The van der Waals surface area contributed by atoms with E-state index in [0.29, 0.717) is 12.1 Å². The lowest BCUT2D eigenvalue weighted by atomic mass is 10.1. The van der Waals surface area contributed by atoms with E-state index in [0.717, 1.165) is 19.1 Å². The van der Waals surface area contributed by atoms with Crippen molar-refractivity contribution in [3.8, 4) is 0 Å². The van der Waals surface area contributed by atoms with E-state index in [1.807, 2.05) is 7.05 Å². The third-order valence-electron chi connectivity index (χ3n) is 4.21. The molecule has 2 fully saturated rings. The molecule has 2 rings (SSSR count). The number of aliphatic imine (C=N–C) groups is 1. The van der Waals surface area contributed by atoms with Crippen LogP contribution in [0.15, 0.2) is 4.99 Å². The Morgan fingerprint density at radius 1 is 1.30 bits per heavy atom. The van der Waals surface area contributed by atoms with Crippen molar-refractivity contribution in [2.75, 3.05) is 39.8 Å². The quantitative estimate of drug-likeness (QED) is 0.588. The lowest BCUT2D eigenvalue weighted by Gasteiger charge is -2.33. The van der Waals surface area contributed by atoms with E-state index in [1.54, 1.807) is 0 Å². The first kappa shape index (κ1) is 15.6. The van der Waals surface area contributed by atoms with Gasteiger partial charge in [0.2, 0.25) is 0 Å².